The molecule has 0 aromatic heterocycles. The molecule has 0 unspecified atom stereocenters. The monoisotopic (exact) mass is 279 g/mol. The Morgan fingerprint density at radius 1 is 1.25 bits per heavy atom. The van der Waals surface area contributed by atoms with Crippen molar-refractivity contribution < 1.29 is 18.7 Å². The van der Waals surface area contributed by atoms with Gasteiger partial charge in [-0.25, -0.2) is 4.39 Å². The van der Waals surface area contributed by atoms with Gasteiger partial charge in [0.15, 0.2) is 17.3 Å². The van der Waals surface area contributed by atoms with Crippen molar-refractivity contribution in [3.8, 4) is 5.75 Å². The van der Waals surface area contributed by atoms with E-state index in [1.165, 1.54) is 19.1 Å². The van der Waals surface area contributed by atoms with Crippen LogP contribution in [0.3, 0.4) is 0 Å². The fraction of sp³-hybridized carbons (Fsp3) is 0.467. The highest BCUT2D eigenvalue weighted by molar-refractivity contribution is 5.94. The number of likely N-dealkylation sites (tertiary alicyclic amines) is 1. The average molecular weight is 279 g/mol. The summed E-state index contributed by atoms with van der Waals surface area (Å²) < 4.78 is 19.5. The van der Waals surface area contributed by atoms with Crippen LogP contribution >= 0.6 is 0 Å². The molecule has 0 radical (unpaired) electrons. The minimum atomic E-state index is -0.522. The quantitative estimate of drug-likeness (QED) is 0.798. The van der Waals surface area contributed by atoms with Crippen LogP contribution < -0.4 is 4.74 Å². The van der Waals surface area contributed by atoms with Crippen LogP contribution in [-0.4, -0.2) is 35.8 Å². The number of amides is 1. The summed E-state index contributed by atoms with van der Waals surface area (Å²) in [4.78, 5) is 24.1. The zero-order chi connectivity index (χ0) is 14.7. The molecule has 20 heavy (non-hydrogen) atoms. The molecule has 0 bridgehead atoms. The maximum absolute atomic E-state index is 13.8. The SMILES string of the molecule is CC(=O)c1ccc(OC2CCN(C(C)=O)CC2)c(F)c1. The number of carbonyl (C=O) groups excluding carboxylic acids is 2. The van der Waals surface area contributed by atoms with E-state index in [4.69, 9.17) is 4.74 Å². The summed E-state index contributed by atoms with van der Waals surface area (Å²) >= 11 is 0. The van der Waals surface area contributed by atoms with Crippen LogP contribution in [0.1, 0.15) is 37.0 Å². The molecule has 1 fully saturated rings. The molecule has 1 aliphatic rings. The van der Waals surface area contributed by atoms with Crippen molar-refractivity contribution in [3.05, 3.63) is 29.6 Å². The molecule has 2 rings (SSSR count). The summed E-state index contributed by atoms with van der Waals surface area (Å²) in [5, 5.41) is 0. The number of Topliss-reactive ketones (excluding diaryl/α,β-unsaturated/α-hetero) is 1. The van der Waals surface area contributed by atoms with E-state index in [9.17, 15) is 14.0 Å². The van der Waals surface area contributed by atoms with Gasteiger partial charge >= 0.3 is 0 Å². The zero-order valence-electron chi connectivity index (χ0n) is 11.7. The Kier molecular flexibility index (Phi) is 4.37. The highest BCUT2D eigenvalue weighted by atomic mass is 19.1. The van der Waals surface area contributed by atoms with E-state index in [1.807, 2.05) is 0 Å². The number of ether oxygens (including phenoxy) is 1. The minimum absolute atomic E-state index is 0.0560. The molecule has 5 heteroatoms. The van der Waals surface area contributed by atoms with Crippen molar-refractivity contribution in [1.82, 2.24) is 4.90 Å². The first-order valence-electron chi connectivity index (χ1n) is 6.70. The second-order valence-electron chi connectivity index (χ2n) is 5.02. The molecular weight excluding hydrogens is 261 g/mol. The molecule has 4 nitrogen and oxygen atoms in total. The number of benzene rings is 1. The highest BCUT2D eigenvalue weighted by Gasteiger charge is 2.22. The first kappa shape index (κ1) is 14.5. The maximum atomic E-state index is 13.8. The Morgan fingerprint density at radius 2 is 1.90 bits per heavy atom. The molecule has 1 aromatic carbocycles. The number of hydrogen-bond acceptors (Lipinski definition) is 3. The second-order valence-corrected chi connectivity index (χ2v) is 5.02. The van der Waals surface area contributed by atoms with Crippen LogP contribution in [0, 0.1) is 5.82 Å². The smallest absolute Gasteiger partial charge is 0.219 e. The van der Waals surface area contributed by atoms with Crippen molar-refractivity contribution in [2.45, 2.75) is 32.8 Å². The third-order valence-corrected chi connectivity index (χ3v) is 3.52. The van der Waals surface area contributed by atoms with Crippen molar-refractivity contribution in [3.63, 3.8) is 0 Å². The largest absolute Gasteiger partial charge is 0.487 e. The summed E-state index contributed by atoms with van der Waals surface area (Å²) in [5.74, 6) is -0.478. The molecule has 0 aliphatic carbocycles. The van der Waals surface area contributed by atoms with Gasteiger partial charge < -0.3 is 9.64 Å². The average Bonchev–Trinajstić information content (AvgIpc) is 2.41. The lowest BCUT2D eigenvalue weighted by atomic mass is 10.1. The molecule has 1 saturated heterocycles. The minimum Gasteiger partial charge on any atom is -0.487 e. The first-order chi connectivity index (χ1) is 9.47. The van der Waals surface area contributed by atoms with Crippen molar-refractivity contribution in [2.75, 3.05) is 13.1 Å². The molecule has 0 spiro atoms. The maximum Gasteiger partial charge on any atom is 0.219 e. The van der Waals surface area contributed by atoms with E-state index in [-0.39, 0.29) is 23.5 Å². The van der Waals surface area contributed by atoms with Crippen LogP contribution in [0.4, 0.5) is 4.39 Å². The van der Waals surface area contributed by atoms with Crippen LogP contribution in [0.2, 0.25) is 0 Å². The van der Waals surface area contributed by atoms with Crippen LogP contribution in [0.5, 0.6) is 5.75 Å². The Bertz CT molecular complexity index is 522. The predicted molar refractivity (Wildman–Crippen MR) is 72.3 cm³/mol. The number of carbonyl (C=O) groups is 2. The normalized spacial score (nSPS) is 16.1. The lowest BCUT2D eigenvalue weighted by Crippen LogP contribution is -2.40. The van der Waals surface area contributed by atoms with Gasteiger partial charge in [0.25, 0.3) is 0 Å². The van der Waals surface area contributed by atoms with E-state index in [1.54, 1.807) is 17.9 Å². The molecule has 1 amide bonds. The lowest BCUT2D eigenvalue weighted by Gasteiger charge is -2.31. The molecule has 1 aliphatic heterocycles. The topological polar surface area (TPSA) is 46.6 Å². The molecule has 0 saturated carbocycles. The number of piperidine rings is 1. The third-order valence-electron chi connectivity index (χ3n) is 3.52. The Balaban J connectivity index is 1.98. The van der Waals surface area contributed by atoms with E-state index in [0.29, 0.717) is 31.5 Å². The summed E-state index contributed by atoms with van der Waals surface area (Å²) in [6.07, 6.45) is 1.28. The highest BCUT2D eigenvalue weighted by Crippen LogP contribution is 2.23. The summed E-state index contributed by atoms with van der Waals surface area (Å²) in [6.45, 7) is 4.20. The standard InChI is InChI=1S/C15H18FNO3/c1-10(18)12-3-4-15(14(16)9-12)20-13-5-7-17(8-6-13)11(2)19/h3-4,9,13H,5-8H2,1-2H3. The van der Waals surface area contributed by atoms with Crippen LogP contribution in [0.25, 0.3) is 0 Å². The number of ketones is 1. The number of nitrogens with zero attached hydrogens (tertiary/aromatic N) is 1. The molecule has 1 aromatic rings. The molecule has 108 valence electrons. The first-order valence-corrected chi connectivity index (χ1v) is 6.70. The van der Waals surface area contributed by atoms with Crippen molar-refractivity contribution in [1.29, 1.82) is 0 Å². The fourth-order valence-electron chi connectivity index (χ4n) is 2.28. The fourth-order valence-corrected chi connectivity index (χ4v) is 2.28. The predicted octanol–water partition coefficient (Wildman–Crippen LogP) is 2.42. The Hall–Kier alpha value is -1.91. The van der Waals surface area contributed by atoms with Gasteiger partial charge in [-0.15, -0.1) is 0 Å². The van der Waals surface area contributed by atoms with Gasteiger partial charge in [0.1, 0.15) is 6.10 Å². The summed E-state index contributed by atoms with van der Waals surface area (Å²) in [7, 11) is 0. The number of halogens is 1. The van der Waals surface area contributed by atoms with Crippen molar-refractivity contribution in [2.24, 2.45) is 0 Å². The van der Waals surface area contributed by atoms with Gasteiger partial charge in [0.05, 0.1) is 0 Å². The van der Waals surface area contributed by atoms with Crippen LogP contribution in [-0.2, 0) is 4.79 Å². The van der Waals surface area contributed by atoms with Gasteiger partial charge in [0.2, 0.25) is 5.91 Å². The molecular formula is C15H18FNO3. The lowest BCUT2D eigenvalue weighted by molar-refractivity contribution is -0.130. The van der Waals surface area contributed by atoms with E-state index in [2.05, 4.69) is 0 Å². The zero-order valence-corrected chi connectivity index (χ0v) is 11.7. The van der Waals surface area contributed by atoms with E-state index in [0.717, 1.165) is 0 Å². The van der Waals surface area contributed by atoms with Gasteiger partial charge in [-0.05, 0) is 25.1 Å². The molecule has 0 atom stereocenters. The molecule has 0 N–H and O–H groups in total. The third kappa shape index (κ3) is 3.35. The Labute approximate surface area is 117 Å². The van der Waals surface area contributed by atoms with E-state index < -0.39 is 5.82 Å². The van der Waals surface area contributed by atoms with Gasteiger partial charge in [-0.3, -0.25) is 9.59 Å². The second kappa shape index (κ2) is 6.03. The summed E-state index contributed by atoms with van der Waals surface area (Å²) in [5.41, 5.74) is 0.334. The van der Waals surface area contributed by atoms with Gasteiger partial charge in [-0.2, -0.15) is 0 Å². The van der Waals surface area contributed by atoms with E-state index >= 15 is 0 Å². The molecule has 1 heterocycles. The van der Waals surface area contributed by atoms with Crippen LogP contribution in [0.15, 0.2) is 18.2 Å². The van der Waals surface area contributed by atoms with Gasteiger partial charge in [0, 0.05) is 38.4 Å². The number of hydrogen-bond donors (Lipinski definition) is 0. The Morgan fingerprint density at radius 3 is 2.40 bits per heavy atom. The van der Waals surface area contributed by atoms with Gasteiger partial charge in [-0.1, -0.05) is 0 Å². The summed E-state index contributed by atoms with van der Waals surface area (Å²) in [6, 6.07) is 4.25. The van der Waals surface area contributed by atoms with Crippen molar-refractivity contribution >= 4 is 11.7 Å². The number of rotatable bonds is 3.